The van der Waals surface area contributed by atoms with Gasteiger partial charge in [-0.3, -0.25) is 4.79 Å². The average molecular weight is 236 g/mol. The summed E-state index contributed by atoms with van der Waals surface area (Å²) in [7, 11) is 0. The Bertz CT molecular complexity index is 433. The van der Waals surface area contributed by atoms with E-state index in [0.29, 0.717) is 23.7 Å². The molecule has 0 bridgehead atoms. The largest absolute Gasteiger partial charge is 0.325 e. The van der Waals surface area contributed by atoms with E-state index in [9.17, 15) is 9.18 Å². The Labute approximate surface area is 100 Å². The molecule has 92 valence electrons. The highest BCUT2D eigenvalue weighted by atomic mass is 19.1. The predicted octanol–water partition coefficient (Wildman–Crippen LogP) is 1.93. The van der Waals surface area contributed by atoms with Crippen LogP contribution >= 0.6 is 0 Å². The standard InChI is InChI=1S/C13H17FN2O/c1-8-6-15-7-10(8)13(17)16-12-5-3-4-11(14)9(12)2/h3-5,8,10,15H,6-7H2,1-2H3,(H,16,17). The quantitative estimate of drug-likeness (QED) is 0.823. The van der Waals surface area contributed by atoms with Crippen LogP contribution in [0.25, 0.3) is 0 Å². The van der Waals surface area contributed by atoms with E-state index in [1.807, 2.05) is 6.92 Å². The first-order valence-electron chi connectivity index (χ1n) is 5.86. The van der Waals surface area contributed by atoms with Crippen molar-refractivity contribution in [3.05, 3.63) is 29.6 Å². The van der Waals surface area contributed by atoms with Crippen LogP contribution in [0.4, 0.5) is 10.1 Å². The Morgan fingerprint density at radius 2 is 2.24 bits per heavy atom. The van der Waals surface area contributed by atoms with Crippen LogP contribution in [0.2, 0.25) is 0 Å². The average Bonchev–Trinajstić information content (AvgIpc) is 2.71. The van der Waals surface area contributed by atoms with E-state index in [-0.39, 0.29) is 17.6 Å². The van der Waals surface area contributed by atoms with Gasteiger partial charge in [0.15, 0.2) is 0 Å². The highest BCUT2D eigenvalue weighted by Gasteiger charge is 2.29. The molecule has 0 aliphatic carbocycles. The van der Waals surface area contributed by atoms with E-state index in [0.717, 1.165) is 6.54 Å². The minimum atomic E-state index is -0.291. The number of nitrogens with one attached hydrogen (secondary N) is 2. The van der Waals surface area contributed by atoms with Crippen molar-refractivity contribution >= 4 is 11.6 Å². The minimum Gasteiger partial charge on any atom is -0.325 e. The summed E-state index contributed by atoms with van der Waals surface area (Å²) in [6.45, 7) is 5.27. The maximum absolute atomic E-state index is 13.3. The van der Waals surface area contributed by atoms with E-state index >= 15 is 0 Å². The minimum absolute atomic E-state index is 0.0299. The molecular weight excluding hydrogens is 219 g/mol. The van der Waals surface area contributed by atoms with Gasteiger partial charge in [0.2, 0.25) is 5.91 Å². The van der Waals surface area contributed by atoms with Gasteiger partial charge in [0.25, 0.3) is 0 Å². The summed E-state index contributed by atoms with van der Waals surface area (Å²) in [6, 6.07) is 4.72. The molecule has 2 rings (SSSR count). The zero-order valence-corrected chi connectivity index (χ0v) is 10.1. The number of hydrogen-bond acceptors (Lipinski definition) is 2. The van der Waals surface area contributed by atoms with Crippen LogP contribution in [-0.2, 0) is 4.79 Å². The third-order valence-corrected chi connectivity index (χ3v) is 3.38. The SMILES string of the molecule is Cc1c(F)cccc1NC(=O)C1CNCC1C. The first-order chi connectivity index (χ1) is 8.09. The number of rotatable bonds is 2. The lowest BCUT2D eigenvalue weighted by atomic mass is 9.97. The fourth-order valence-electron chi connectivity index (χ4n) is 2.13. The molecule has 1 aromatic carbocycles. The Balaban J connectivity index is 2.10. The topological polar surface area (TPSA) is 41.1 Å². The molecule has 1 amide bonds. The van der Waals surface area contributed by atoms with Crippen molar-refractivity contribution in [3.63, 3.8) is 0 Å². The van der Waals surface area contributed by atoms with Gasteiger partial charge in [-0.2, -0.15) is 0 Å². The second kappa shape index (κ2) is 4.84. The van der Waals surface area contributed by atoms with Crippen molar-refractivity contribution in [2.75, 3.05) is 18.4 Å². The molecule has 1 aliphatic heterocycles. The second-order valence-electron chi connectivity index (χ2n) is 4.64. The molecule has 1 aromatic rings. The van der Waals surface area contributed by atoms with Gasteiger partial charge in [0.1, 0.15) is 5.82 Å². The zero-order valence-electron chi connectivity index (χ0n) is 10.1. The maximum Gasteiger partial charge on any atom is 0.229 e. The van der Waals surface area contributed by atoms with Crippen LogP contribution in [0.15, 0.2) is 18.2 Å². The summed E-state index contributed by atoms with van der Waals surface area (Å²) in [6.07, 6.45) is 0. The van der Waals surface area contributed by atoms with Gasteiger partial charge >= 0.3 is 0 Å². The molecule has 17 heavy (non-hydrogen) atoms. The molecule has 0 radical (unpaired) electrons. The lowest BCUT2D eigenvalue weighted by Gasteiger charge is -2.15. The number of halogens is 1. The van der Waals surface area contributed by atoms with E-state index in [2.05, 4.69) is 10.6 Å². The molecule has 1 saturated heterocycles. The zero-order chi connectivity index (χ0) is 12.4. The molecule has 4 heteroatoms. The van der Waals surface area contributed by atoms with Crippen molar-refractivity contribution in [2.24, 2.45) is 11.8 Å². The predicted molar refractivity (Wildman–Crippen MR) is 65.3 cm³/mol. The van der Waals surface area contributed by atoms with Gasteiger partial charge in [0, 0.05) is 17.8 Å². The van der Waals surface area contributed by atoms with E-state index < -0.39 is 0 Å². The summed E-state index contributed by atoms with van der Waals surface area (Å²) in [5.74, 6) is -0.0295. The Morgan fingerprint density at radius 1 is 1.47 bits per heavy atom. The normalized spacial score (nSPS) is 23.7. The molecule has 0 spiro atoms. The van der Waals surface area contributed by atoms with Crippen LogP contribution in [0.5, 0.6) is 0 Å². The van der Waals surface area contributed by atoms with Crippen LogP contribution in [-0.4, -0.2) is 19.0 Å². The van der Waals surface area contributed by atoms with Gasteiger partial charge < -0.3 is 10.6 Å². The van der Waals surface area contributed by atoms with Gasteiger partial charge in [-0.1, -0.05) is 13.0 Å². The summed E-state index contributed by atoms with van der Waals surface area (Å²) in [5, 5.41) is 5.98. The highest BCUT2D eigenvalue weighted by molar-refractivity contribution is 5.93. The van der Waals surface area contributed by atoms with Crippen LogP contribution < -0.4 is 10.6 Å². The molecule has 0 saturated carbocycles. The van der Waals surface area contributed by atoms with Crippen molar-refractivity contribution in [2.45, 2.75) is 13.8 Å². The van der Waals surface area contributed by atoms with Crippen molar-refractivity contribution in [3.8, 4) is 0 Å². The van der Waals surface area contributed by atoms with Gasteiger partial charge in [-0.05, 0) is 31.5 Å². The molecule has 1 heterocycles. The third kappa shape index (κ3) is 2.47. The van der Waals surface area contributed by atoms with Crippen LogP contribution in [0.1, 0.15) is 12.5 Å². The second-order valence-corrected chi connectivity index (χ2v) is 4.64. The Kier molecular flexibility index (Phi) is 3.43. The molecule has 2 N–H and O–H groups in total. The monoisotopic (exact) mass is 236 g/mol. The maximum atomic E-state index is 13.3. The molecule has 2 unspecified atom stereocenters. The van der Waals surface area contributed by atoms with Crippen molar-refractivity contribution < 1.29 is 9.18 Å². The highest BCUT2D eigenvalue weighted by Crippen LogP contribution is 2.21. The first-order valence-corrected chi connectivity index (χ1v) is 5.86. The Hall–Kier alpha value is -1.42. The van der Waals surface area contributed by atoms with Gasteiger partial charge in [-0.15, -0.1) is 0 Å². The molecular formula is C13H17FN2O. The number of benzene rings is 1. The van der Waals surface area contributed by atoms with Crippen LogP contribution in [0, 0.1) is 24.6 Å². The van der Waals surface area contributed by atoms with Gasteiger partial charge in [-0.25, -0.2) is 4.39 Å². The number of hydrogen-bond donors (Lipinski definition) is 2. The third-order valence-electron chi connectivity index (χ3n) is 3.38. The lowest BCUT2D eigenvalue weighted by Crippen LogP contribution is -2.28. The van der Waals surface area contributed by atoms with E-state index in [1.54, 1.807) is 19.1 Å². The molecule has 2 atom stereocenters. The fraction of sp³-hybridized carbons (Fsp3) is 0.462. The lowest BCUT2D eigenvalue weighted by molar-refractivity contribution is -0.120. The molecule has 1 fully saturated rings. The number of amides is 1. The Morgan fingerprint density at radius 3 is 2.88 bits per heavy atom. The number of carbonyl (C=O) groups is 1. The molecule has 0 aromatic heterocycles. The summed E-state index contributed by atoms with van der Waals surface area (Å²) in [5.41, 5.74) is 1.05. The van der Waals surface area contributed by atoms with Crippen LogP contribution in [0.3, 0.4) is 0 Å². The number of anilines is 1. The number of carbonyl (C=O) groups excluding carboxylic acids is 1. The fourth-order valence-corrected chi connectivity index (χ4v) is 2.13. The van der Waals surface area contributed by atoms with Crippen molar-refractivity contribution in [1.82, 2.24) is 5.32 Å². The molecule has 3 nitrogen and oxygen atoms in total. The summed E-state index contributed by atoms with van der Waals surface area (Å²) < 4.78 is 13.3. The summed E-state index contributed by atoms with van der Waals surface area (Å²) in [4.78, 5) is 12.0. The van der Waals surface area contributed by atoms with E-state index in [1.165, 1.54) is 6.07 Å². The molecule has 1 aliphatic rings. The van der Waals surface area contributed by atoms with Crippen molar-refractivity contribution in [1.29, 1.82) is 0 Å². The van der Waals surface area contributed by atoms with E-state index in [4.69, 9.17) is 0 Å². The smallest absolute Gasteiger partial charge is 0.229 e. The summed E-state index contributed by atoms with van der Waals surface area (Å²) >= 11 is 0. The van der Waals surface area contributed by atoms with Gasteiger partial charge in [0.05, 0.1) is 5.92 Å². The first kappa shape index (κ1) is 12.0.